The van der Waals surface area contributed by atoms with Gasteiger partial charge in [-0.15, -0.1) is 0 Å². The Bertz CT molecular complexity index is 1010. The minimum Gasteiger partial charge on any atom is -0.497 e. The van der Waals surface area contributed by atoms with E-state index in [9.17, 15) is 10.1 Å². The number of nitro groups is 1. The number of nitro benzene ring substituents is 1. The predicted octanol–water partition coefficient (Wildman–Crippen LogP) is 4.92. The molecule has 1 N–H and O–H groups in total. The monoisotopic (exact) mass is 426 g/mol. The third-order valence-corrected chi connectivity index (χ3v) is 4.90. The first-order valence-electron chi connectivity index (χ1n) is 9.50. The van der Waals surface area contributed by atoms with Crippen LogP contribution in [0.5, 0.6) is 5.75 Å². The van der Waals surface area contributed by atoms with Crippen molar-refractivity contribution in [2.45, 2.75) is 32.7 Å². The normalized spacial score (nSPS) is 15.4. The first kappa shape index (κ1) is 23.5. The van der Waals surface area contributed by atoms with Crippen LogP contribution >= 0.6 is 0 Å². The van der Waals surface area contributed by atoms with E-state index in [0.29, 0.717) is 6.54 Å². The molecule has 0 spiro atoms. The lowest BCUT2D eigenvalue weighted by Crippen LogP contribution is -2.22. The third-order valence-electron chi connectivity index (χ3n) is 4.90. The Balaban J connectivity index is 0.000000785. The molecule has 0 aromatic heterocycles. The molecule has 0 atom stereocenters. The third kappa shape index (κ3) is 5.65. The number of nitrogens with zero attached hydrogens (tertiary/aromatic N) is 4. The number of ether oxygens (including phenoxy) is 1. The van der Waals surface area contributed by atoms with Gasteiger partial charge in [-0.3, -0.25) is 14.9 Å². The Morgan fingerprint density at radius 3 is 2.42 bits per heavy atom. The Morgan fingerprint density at radius 1 is 1.26 bits per heavy atom. The quantitative estimate of drug-likeness (QED) is 0.412. The number of hydrogen-bond acceptors (Lipinski definition) is 7. The Morgan fingerprint density at radius 2 is 1.87 bits per heavy atom. The largest absolute Gasteiger partial charge is 0.497 e. The Hall–Kier alpha value is -3.75. The van der Waals surface area contributed by atoms with Gasteiger partial charge in [0.2, 0.25) is 0 Å². The maximum absolute atomic E-state index is 11.1. The van der Waals surface area contributed by atoms with E-state index < -0.39 is 11.4 Å². The zero-order chi connectivity index (χ0) is 23.2. The highest BCUT2D eigenvalue weighted by atomic mass is 16.6. The van der Waals surface area contributed by atoms with E-state index in [1.54, 1.807) is 25.4 Å². The fraction of sp³-hybridized carbons (Fsp3) is 0.318. The number of methoxy groups -OCH3 is 1. The highest BCUT2D eigenvalue weighted by Crippen LogP contribution is 2.47. The van der Waals surface area contributed by atoms with Crippen molar-refractivity contribution < 1.29 is 19.6 Å². The molecule has 9 heteroatoms. The van der Waals surface area contributed by atoms with Crippen LogP contribution in [0.25, 0.3) is 0 Å². The average Bonchev–Trinajstić information content (AvgIpc) is 2.91. The summed E-state index contributed by atoms with van der Waals surface area (Å²) in [5.74, 6) is -0.0287. The molecule has 0 bridgehead atoms. The first-order chi connectivity index (χ1) is 14.6. The number of non-ortho nitro benzene ring substituents is 1. The topological polar surface area (TPSA) is 118 Å². The number of aliphatic carboxylic acids is 1. The van der Waals surface area contributed by atoms with Gasteiger partial charge < -0.3 is 14.7 Å². The maximum atomic E-state index is 11.1. The SMILES string of the molecule is CC(=O)O.COc1ccc(CN=NC=C2N(C)c3ccc([N+](=O)[O-])cc3C2(C)C)cc1. The highest BCUT2D eigenvalue weighted by Gasteiger charge is 2.39. The summed E-state index contributed by atoms with van der Waals surface area (Å²) in [6.07, 6.45) is 1.73. The summed E-state index contributed by atoms with van der Waals surface area (Å²) < 4.78 is 5.14. The molecule has 1 aliphatic heterocycles. The van der Waals surface area contributed by atoms with E-state index >= 15 is 0 Å². The molecule has 1 aliphatic rings. The summed E-state index contributed by atoms with van der Waals surface area (Å²) in [7, 11) is 3.57. The maximum Gasteiger partial charge on any atom is 0.300 e. The van der Waals surface area contributed by atoms with E-state index in [4.69, 9.17) is 14.6 Å². The van der Waals surface area contributed by atoms with Gasteiger partial charge in [0, 0.05) is 42.9 Å². The van der Waals surface area contributed by atoms with Crippen molar-refractivity contribution >= 4 is 17.3 Å². The molecule has 0 amide bonds. The zero-order valence-corrected chi connectivity index (χ0v) is 18.2. The van der Waals surface area contributed by atoms with Gasteiger partial charge in [-0.1, -0.05) is 26.0 Å². The van der Waals surface area contributed by atoms with Gasteiger partial charge in [0.1, 0.15) is 5.75 Å². The standard InChI is InChI=1S/C20H22N4O3.C2H4O2/c1-20(2)17-11-15(24(25)26)7-10-18(17)23(3)19(20)13-22-21-12-14-5-8-16(27-4)9-6-14;1-2(3)4/h5-11,13H,12H2,1-4H3;1H3,(H,3,4). The molecule has 2 aromatic rings. The smallest absolute Gasteiger partial charge is 0.300 e. The molecule has 0 aliphatic carbocycles. The number of rotatable bonds is 5. The molecule has 0 unspecified atom stereocenters. The second kappa shape index (κ2) is 9.84. The lowest BCUT2D eigenvalue weighted by Gasteiger charge is -2.22. The first-order valence-corrected chi connectivity index (χ1v) is 9.50. The number of fused-ring (bicyclic) bond motifs is 1. The number of carbonyl (C=O) groups is 1. The van der Waals surface area contributed by atoms with Crippen LogP contribution in [-0.2, 0) is 16.8 Å². The van der Waals surface area contributed by atoms with E-state index in [-0.39, 0.29) is 10.6 Å². The molecular formula is C22H26N4O5. The molecule has 0 radical (unpaired) electrons. The molecule has 0 fully saturated rings. The van der Waals surface area contributed by atoms with Crippen LogP contribution < -0.4 is 9.64 Å². The molecule has 1 heterocycles. The van der Waals surface area contributed by atoms with Gasteiger partial charge in [0.25, 0.3) is 11.7 Å². The Labute approximate surface area is 180 Å². The molecule has 0 saturated heterocycles. The van der Waals surface area contributed by atoms with E-state index in [1.165, 1.54) is 6.07 Å². The number of carboxylic acid groups (broad SMARTS) is 1. The summed E-state index contributed by atoms with van der Waals surface area (Å²) in [4.78, 5) is 21.7. The van der Waals surface area contributed by atoms with Crippen LogP contribution in [0, 0.1) is 10.1 Å². The van der Waals surface area contributed by atoms with Crippen LogP contribution in [-0.4, -0.2) is 30.2 Å². The van der Waals surface area contributed by atoms with E-state index in [0.717, 1.165) is 35.2 Å². The Kier molecular flexibility index (Phi) is 7.47. The number of allylic oxidation sites excluding steroid dienone is 1. The number of hydrogen-bond donors (Lipinski definition) is 1. The molecule has 2 aromatic carbocycles. The minimum atomic E-state index is -0.833. The van der Waals surface area contributed by atoms with Crippen LogP contribution in [0.4, 0.5) is 11.4 Å². The zero-order valence-electron chi connectivity index (χ0n) is 18.2. The lowest BCUT2D eigenvalue weighted by molar-refractivity contribution is -0.384. The highest BCUT2D eigenvalue weighted by molar-refractivity contribution is 5.71. The number of anilines is 1. The molecule has 31 heavy (non-hydrogen) atoms. The van der Waals surface area contributed by atoms with Crippen LogP contribution in [0.2, 0.25) is 0 Å². The average molecular weight is 426 g/mol. The van der Waals surface area contributed by atoms with Crippen LogP contribution in [0.1, 0.15) is 31.9 Å². The minimum absolute atomic E-state index is 0.0950. The number of azo groups is 1. The summed E-state index contributed by atoms with van der Waals surface area (Å²) in [5.41, 5.74) is 3.54. The van der Waals surface area contributed by atoms with E-state index in [1.807, 2.05) is 50.1 Å². The van der Waals surface area contributed by atoms with Crippen molar-refractivity contribution in [2.24, 2.45) is 10.2 Å². The number of likely N-dealkylation sites (N-methyl/N-ethyl adjacent to an activating group) is 1. The molecule has 9 nitrogen and oxygen atoms in total. The van der Waals surface area contributed by atoms with Gasteiger partial charge in [0.15, 0.2) is 0 Å². The van der Waals surface area contributed by atoms with Gasteiger partial charge in [0.05, 0.1) is 24.8 Å². The van der Waals surface area contributed by atoms with Crippen molar-refractivity contribution in [1.29, 1.82) is 0 Å². The summed E-state index contributed by atoms with van der Waals surface area (Å²) in [5, 5.41) is 27.0. The fourth-order valence-electron chi connectivity index (χ4n) is 3.31. The molecule has 0 saturated carbocycles. The van der Waals surface area contributed by atoms with Crippen molar-refractivity contribution in [1.82, 2.24) is 0 Å². The van der Waals surface area contributed by atoms with E-state index in [2.05, 4.69) is 10.2 Å². The molecule has 3 rings (SSSR count). The van der Waals surface area contributed by atoms with Gasteiger partial charge in [-0.25, -0.2) is 0 Å². The summed E-state index contributed by atoms with van der Waals surface area (Å²) >= 11 is 0. The van der Waals surface area contributed by atoms with Crippen molar-refractivity contribution in [3.8, 4) is 5.75 Å². The van der Waals surface area contributed by atoms with Crippen molar-refractivity contribution in [3.05, 3.63) is 75.6 Å². The summed E-state index contributed by atoms with van der Waals surface area (Å²) in [6, 6.07) is 12.6. The molecule has 164 valence electrons. The van der Waals surface area contributed by atoms with Crippen molar-refractivity contribution in [2.75, 3.05) is 19.1 Å². The second-order valence-corrected chi connectivity index (χ2v) is 7.44. The fourth-order valence-corrected chi connectivity index (χ4v) is 3.31. The van der Waals surface area contributed by atoms with Crippen LogP contribution in [0.15, 0.2) is 64.6 Å². The lowest BCUT2D eigenvalue weighted by atomic mass is 9.84. The van der Waals surface area contributed by atoms with Gasteiger partial charge in [-0.2, -0.15) is 10.2 Å². The number of carboxylic acids is 1. The van der Waals surface area contributed by atoms with Crippen molar-refractivity contribution in [3.63, 3.8) is 0 Å². The molecular weight excluding hydrogens is 400 g/mol. The van der Waals surface area contributed by atoms with Crippen LogP contribution in [0.3, 0.4) is 0 Å². The summed E-state index contributed by atoms with van der Waals surface area (Å²) in [6.45, 7) is 5.62. The van der Waals surface area contributed by atoms with Gasteiger partial charge >= 0.3 is 0 Å². The predicted molar refractivity (Wildman–Crippen MR) is 117 cm³/mol. The van der Waals surface area contributed by atoms with Gasteiger partial charge in [-0.05, 0) is 29.3 Å². The number of benzene rings is 2. The second-order valence-electron chi connectivity index (χ2n) is 7.44.